The predicted octanol–water partition coefficient (Wildman–Crippen LogP) is 5.26. The van der Waals surface area contributed by atoms with Gasteiger partial charge >= 0.3 is 0 Å². The Morgan fingerprint density at radius 3 is 2.00 bits per heavy atom. The summed E-state index contributed by atoms with van der Waals surface area (Å²) in [5.41, 5.74) is 5.26. The van der Waals surface area contributed by atoms with Gasteiger partial charge in [0.15, 0.2) is 0 Å². The largest absolute Gasteiger partial charge is 0.354 e. The SMILES string of the molecule is Cc1cccc(CC(=O)N(Cc2cccc(C)c2)[C@@H](Cc2ccccc2)C(=O)NCC(C)C)c1. The number of rotatable bonds is 10. The molecule has 2 amide bonds. The Hall–Kier alpha value is -3.40. The Morgan fingerprint density at radius 1 is 0.794 bits per heavy atom. The van der Waals surface area contributed by atoms with Crippen LogP contribution in [0.25, 0.3) is 0 Å². The van der Waals surface area contributed by atoms with Crippen LogP contribution in [0.5, 0.6) is 0 Å². The Labute approximate surface area is 204 Å². The third-order valence-electron chi connectivity index (χ3n) is 5.83. The second kappa shape index (κ2) is 12.2. The molecular weight excluding hydrogens is 420 g/mol. The van der Waals surface area contributed by atoms with Gasteiger partial charge in [0.05, 0.1) is 6.42 Å². The van der Waals surface area contributed by atoms with Gasteiger partial charge < -0.3 is 10.2 Å². The molecule has 178 valence electrons. The van der Waals surface area contributed by atoms with Gasteiger partial charge in [0.1, 0.15) is 6.04 Å². The number of benzene rings is 3. The lowest BCUT2D eigenvalue weighted by Crippen LogP contribution is -2.51. The molecule has 3 aromatic carbocycles. The van der Waals surface area contributed by atoms with E-state index in [0.717, 1.165) is 27.8 Å². The number of hydrogen-bond donors (Lipinski definition) is 1. The average Bonchev–Trinajstić information content (AvgIpc) is 2.80. The Morgan fingerprint density at radius 2 is 1.38 bits per heavy atom. The third-order valence-corrected chi connectivity index (χ3v) is 5.83. The lowest BCUT2D eigenvalue weighted by molar-refractivity contribution is -0.140. The summed E-state index contributed by atoms with van der Waals surface area (Å²) >= 11 is 0. The molecule has 4 nitrogen and oxygen atoms in total. The molecule has 0 radical (unpaired) electrons. The molecule has 1 atom stereocenters. The van der Waals surface area contributed by atoms with Gasteiger partial charge in [0, 0.05) is 19.5 Å². The summed E-state index contributed by atoms with van der Waals surface area (Å²) in [5.74, 6) is 0.171. The maximum absolute atomic E-state index is 13.7. The predicted molar refractivity (Wildman–Crippen MR) is 138 cm³/mol. The molecule has 0 bridgehead atoms. The fraction of sp³-hybridized carbons (Fsp3) is 0.333. The molecule has 0 aliphatic heterocycles. The van der Waals surface area contributed by atoms with Crippen molar-refractivity contribution in [2.75, 3.05) is 6.54 Å². The van der Waals surface area contributed by atoms with E-state index in [-0.39, 0.29) is 18.2 Å². The van der Waals surface area contributed by atoms with Gasteiger partial charge in [0.2, 0.25) is 11.8 Å². The van der Waals surface area contributed by atoms with Crippen molar-refractivity contribution in [2.24, 2.45) is 5.92 Å². The summed E-state index contributed by atoms with van der Waals surface area (Å²) in [7, 11) is 0. The molecule has 0 saturated carbocycles. The maximum Gasteiger partial charge on any atom is 0.243 e. The monoisotopic (exact) mass is 456 g/mol. The highest BCUT2D eigenvalue weighted by Gasteiger charge is 2.30. The van der Waals surface area contributed by atoms with E-state index in [1.807, 2.05) is 86.6 Å². The zero-order valence-corrected chi connectivity index (χ0v) is 20.8. The first-order valence-corrected chi connectivity index (χ1v) is 12.0. The number of carbonyl (C=O) groups is 2. The van der Waals surface area contributed by atoms with Crippen LogP contribution in [0.15, 0.2) is 78.9 Å². The first kappa shape index (κ1) is 25.2. The van der Waals surface area contributed by atoms with Crippen LogP contribution in [0.4, 0.5) is 0 Å². The molecule has 0 aliphatic carbocycles. The normalized spacial score (nSPS) is 11.8. The second-order valence-corrected chi connectivity index (χ2v) is 9.52. The number of amides is 2. The van der Waals surface area contributed by atoms with E-state index in [1.54, 1.807) is 4.90 Å². The van der Waals surface area contributed by atoms with Gasteiger partial charge in [-0.15, -0.1) is 0 Å². The molecular formula is C30H36N2O2. The van der Waals surface area contributed by atoms with Crippen LogP contribution in [-0.4, -0.2) is 29.3 Å². The fourth-order valence-electron chi connectivity index (χ4n) is 4.08. The van der Waals surface area contributed by atoms with Crippen molar-refractivity contribution in [2.45, 2.75) is 53.1 Å². The van der Waals surface area contributed by atoms with Gasteiger partial charge in [-0.2, -0.15) is 0 Å². The van der Waals surface area contributed by atoms with Crippen molar-refractivity contribution in [3.63, 3.8) is 0 Å². The first-order valence-electron chi connectivity index (χ1n) is 12.0. The number of carbonyl (C=O) groups excluding carboxylic acids is 2. The van der Waals surface area contributed by atoms with Crippen molar-refractivity contribution in [1.82, 2.24) is 10.2 Å². The minimum Gasteiger partial charge on any atom is -0.354 e. The summed E-state index contributed by atoms with van der Waals surface area (Å²) < 4.78 is 0. The molecule has 3 aromatic rings. The van der Waals surface area contributed by atoms with E-state index in [9.17, 15) is 9.59 Å². The minimum atomic E-state index is -0.598. The summed E-state index contributed by atoms with van der Waals surface area (Å²) in [6.07, 6.45) is 0.729. The molecule has 34 heavy (non-hydrogen) atoms. The molecule has 0 unspecified atom stereocenters. The van der Waals surface area contributed by atoms with Crippen LogP contribution < -0.4 is 5.32 Å². The highest BCUT2D eigenvalue weighted by Crippen LogP contribution is 2.18. The quantitative estimate of drug-likeness (QED) is 0.452. The number of hydrogen-bond acceptors (Lipinski definition) is 2. The standard InChI is InChI=1S/C30H36N2O2/c1-22(2)20-31-30(34)28(18-25-12-6-5-7-13-25)32(21-27-15-9-11-24(4)17-27)29(33)19-26-14-8-10-23(3)16-26/h5-17,22,28H,18-21H2,1-4H3,(H,31,34)/t28-/m0/s1. The zero-order chi connectivity index (χ0) is 24.5. The van der Waals surface area contributed by atoms with Gasteiger partial charge in [0.25, 0.3) is 0 Å². The highest BCUT2D eigenvalue weighted by atomic mass is 16.2. The van der Waals surface area contributed by atoms with E-state index in [2.05, 4.69) is 25.2 Å². The van der Waals surface area contributed by atoms with Gasteiger partial charge in [-0.05, 0) is 36.5 Å². The summed E-state index contributed by atoms with van der Waals surface area (Å²) in [6.45, 7) is 9.17. The van der Waals surface area contributed by atoms with Crippen molar-refractivity contribution in [1.29, 1.82) is 0 Å². The van der Waals surface area contributed by atoms with Crippen LogP contribution in [-0.2, 0) is 29.0 Å². The molecule has 3 rings (SSSR count). The van der Waals surface area contributed by atoms with Crippen molar-refractivity contribution in [3.8, 4) is 0 Å². The molecule has 4 heteroatoms. The van der Waals surface area contributed by atoms with Crippen LogP contribution in [0, 0.1) is 19.8 Å². The molecule has 0 fully saturated rings. The summed E-state index contributed by atoms with van der Waals surface area (Å²) in [4.78, 5) is 29.0. The second-order valence-electron chi connectivity index (χ2n) is 9.52. The maximum atomic E-state index is 13.7. The molecule has 0 aliphatic rings. The van der Waals surface area contributed by atoms with Gasteiger partial charge in [-0.25, -0.2) is 0 Å². The molecule has 0 aromatic heterocycles. The van der Waals surface area contributed by atoms with Crippen LogP contribution >= 0.6 is 0 Å². The fourth-order valence-corrected chi connectivity index (χ4v) is 4.08. The topological polar surface area (TPSA) is 49.4 Å². The Bertz CT molecular complexity index is 1090. The van der Waals surface area contributed by atoms with E-state index < -0.39 is 6.04 Å². The lowest BCUT2D eigenvalue weighted by atomic mass is 10.0. The van der Waals surface area contributed by atoms with Gasteiger partial charge in [-0.1, -0.05) is 104 Å². The molecule has 0 heterocycles. The molecule has 0 saturated heterocycles. The van der Waals surface area contributed by atoms with E-state index >= 15 is 0 Å². The average molecular weight is 457 g/mol. The minimum absolute atomic E-state index is 0.0484. The third kappa shape index (κ3) is 7.58. The van der Waals surface area contributed by atoms with E-state index in [1.165, 1.54) is 0 Å². The van der Waals surface area contributed by atoms with Crippen LogP contribution in [0.2, 0.25) is 0 Å². The smallest absolute Gasteiger partial charge is 0.243 e. The van der Waals surface area contributed by atoms with Crippen molar-refractivity contribution >= 4 is 11.8 Å². The summed E-state index contributed by atoms with van der Waals surface area (Å²) in [6, 6.07) is 25.5. The van der Waals surface area contributed by atoms with Crippen LogP contribution in [0.3, 0.4) is 0 Å². The Kier molecular flexibility index (Phi) is 9.03. The van der Waals surface area contributed by atoms with Crippen molar-refractivity contribution < 1.29 is 9.59 Å². The van der Waals surface area contributed by atoms with E-state index in [4.69, 9.17) is 0 Å². The Balaban J connectivity index is 1.96. The number of nitrogens with one attached hydrogen (secondary N) is 1. The number of nitrogens with zero attached hydrogens (tertiary/aromatic N) is 1. The van der Waals surface area contributed by atoms with Crippen LogP contribution in [0.1, 0.15) is 41.7 Å². The zero-order valence-electron chi connectivity index (χ0n) is 20.8. The summed E-state index contributed by atoms with van der Waals surface area (Å²) in [5, 5.41) is 3.08. The number of aryl methyl sites for hydroxylation is 2. The van der Waals surface area contributed by atoms with Crippen molar-refractivity contribution in [3.05, 3.63) is 107 Å². The molecule has 1 N–H and O–H groups in total. The lowest BCUT2D eigenvalue weighted by Gasteiger charge is -2.32. The molecule has 0 spiro atoms. The van der Waals surface area contributed by atoms with Gasteiger partial charge in [-0.3, -0.25) is 9.59 Å². The first-order chi connectivity index (χ1) is 16.3. The van der Waals surface area contributed by atoms with E-state index in [0.29, 0.717) is 25.4 Å². The highest BCUT2D eigenvalue weighted by molar-refractivity contribution is 5.88.